The number of cyclic esters (lactones) is 1. The average molecular weight is 242 g/mol. The SMILES string of the molecule is NC(CN1CCOC1=O)c1ccc(F)cc1F. The Labute approximate surface area is 97.0 Å². The molecule has 92 valence electrons. The molecule has 1 aliphatic heterocycles. The van der Waals surface area contributed by atoms with Crippen LogP contribution in [0.15, 0.2) is 18.2 Å². The summed E-state index contributed by atoms with van der Waals surface area (Å²) >= 11 is 0. The summed E-state index contributed by atoms with van der Waals surface area (Å²) < 4.78 is 30.9. The van der Waals surface area contributed by atoms with Crippen LogP contribution in [0.1, 0.15) is 11.6 Å². The summed E-state index contributed by atoms with van der Waals surface area (Å²) in [5.41, 5.74) is 5.96. The highest BCUT2D eigenvalue weighted by Crippen LogP contribution is 2.18. The van der Waals surface area contributed by atoms with Crippen LogP contribution >= 0.6 is 0 Å². The zero-order chi connectivity index (χ0) is 12.4. The van der Waals surface area contributed by atoms with Gasteiger partial charge in [0.25, 0.3) is 0 Å². The van der Waals surface area contributed by atoms with Crippen LogP contribution in [0.3, 0.4) is 0 Å². The van der Waals surface area contributed by atoms with Gasteiger partial charge in [0.15, 0.2) is 0 Å². The van der Waals surface area contributed by atoms with Gasteiger partial charge in [-0.25, -0.2) is 13.6 Å². The van der Waals surface area contributed by atoms with Crippen molar-refractivity contribution in [2.24, 2.45) is 5.73 Å². The number of nitrogens with two attached hydrogens (primary N) is 1. The van der Waals surface area contributed by atoms with Gasteiger partial charge >= 0.3 is 6.09 Å². The van der Waals surface area contributed by atoms with E-state index in [1.807, 2.05) is 0 Å². The molecule has 1 unspecified atom stereocenters. The molecular formula is C11H12F2N2O2. The molecule has 1 saturated heterocycles. The highest BCUT2D eigenvalue weighted by molar-refractivity contribution is 5.69. The largest absolute Gasteiger partial charge is 0.448 e. The Hall–Kier alpha value is -1.69. The second-order valence-corrected chi connectivity index (χ2v) is 3.83. The second kappa shape index (κ2) is 4.67. The van der Waals surface area contributed by atoms with Crippen LogP contribution in [0.25, 0.3) is 0 Å². The third-order valence-corrected chi connectivity index (χ3v) is 2.62. The van der Waals surface area contributed by atoms with Gasteiger partial charge in [-0.2, -0.15) is 0 Å². The molecule has 0 aliphatic carbocycles. The molecule has 2 rings (SSSR count). The van der Waals surface area contributed by atoms with Gasteiger partial charge in [-0.15, -0.1) is 0 Å². The molecular weight excluding hydrogens is 230 g/mol. The second-order valence-electron chi connectivity index (χ2n) is 3.83. The van der Waals surface area contributed by atoms with Gasteiger partial charge in [0.1, 0.15) is 18.2 Å². The van der Waals surface area contributed by atoms with E-state index in [1.54, 1.807) is 0 Å². The number of rotatable bonds is 3. The van der Waals surface area contributed by atoms with Crippen molar-refractivity contribution in [3.8, 4) is 0 Å². The lowest BCUT2D eigenvalue weighted by molar-refractivity contribution is 0.157. The number of amides is 1. The van der Waals surface area contributed by atoms with Crippen LogP contribution in [0.5, 0.6) is 0 Å². The van der Waals surface area contributed by atoms with Gasteiger partial charge in [-0.3, -0.25) is 0 Å². The van der Waals surface area contributed by atoms with E-state index >= 15 is 0 Å². The minimum absolute atomic E-state index is 0.154. The lowest BCUT2D eigenvalue weighted by Gasteiger charge is -2.19. The number of hydrogen-bond donors (Lipinski definition) is 1. The number of hydrogen-bond acceptors (Lipinski definition) is 3. The molecule has 2 N–H and O–H groups in total. The molecule has 6 heteroatoms. The molecule has 0 bridgehead atoms. The molecule has 1 aromatic rings. The Morgan fingerprint density at radius 2 is 2.24 bits per heavy atom. The number of carbonyl (C=O) groups excluding carboxylic acids is 1. The topological polar surface area (TPSA) is 55.6 Å². The minimum Gasteiger partial charge on any atom is -0.448 e. The van der Waals surface area contributed by atoms with Gasteiger partial charge in [0.2, 0.25) is 0 Å². The summed E-state index contributed by atoms with van der Waals surface area (Å²) in [4.78, 5) is 12.6. The summed E-state index contributed by atoms with van der Waals surface area (Å²) in [5.74, 6) is -1.36. The van der Waals surface area contributed by atoms with Crippen molar-refractivity contribution in [1.82, 2.24) is 4.90 Å². The predicted molar refractivity (Wildman–Crippen MR) is 56.2 cm³/mol. The summed E-state index contributed by atoms with van der Waals surface area (Å²) in [6.07, 6.45) is -0.456. The molecule has 17 heavy (non-hydrogen) atoms. The van der Waals surface area contributed by atoms with Crippen LogP contribution < -0.4 is 5.73 Å². The molecule has 1 heterocycles. The Morgan fingerprint density at radius 3 is 2.82 bits per heavy atom. The lowest BCUT2D eigenvalue weighted by Crippen LogP contribution is -2.33. The van der Waals surface area contributed by atoms with E-state index in [1.165, 1.54) is 11.0 Å². The molecule has 0 saturated carbocycles. The molecule has 4 nitrogen and oxygen atoms in total. The van der Waals surface area contributed by atoms with Crippen LogP contribution in [0.4, 0.5) is 13.6 Å². The van der Waals surface area contributed by atoms with E-state index < -0.39 is 23.8 Å². The molecule has 1 fully saturated rings. The van der Waals surface area contributed by atoms with E-state index in [0.717, 1.165) is 12.1 Å². The quantitative estimate of drug-likeness (QED) is 0.872. The molecule has 1 aliphatic rings. The van der Waals surface area contributed by atoms with E-state index in [0.29, 0.717) is 13.2 Å². The first-order valence-electron chi connectivity index (χ1n) is 5.20. The van der Waals surface area contributed by atoms with Crippen molar-refractivity contribution in [3.63, 3.8) is 0 Å². The molecule has 0 aromatic heterocycles. The first-order valence-corrected chi connectivity index (χ1v) is 5.20. The maximum absolute atomic E-state index is 13.4. The first kappa shape index (κ1) is 11.8. The Kier molecular flexibility index (Phi) is 3.23. The fraction of sp³-hybridized carbons (Fsp3) is 0.364. The predicted octanol–water partition coefficient (Wildman–Crippen LogP) is 1.42. The normalized spacial score (nSPS) is 17.1. The van der Waals surface area contributed by atoms with Gasteiger partial charge in [-0.05, 0) is 6.07 Å². The zero-order valence-corrected chi connectivity index (χ0v) is 9.03. The fourth-order valence-corrected chi connectivity index (χ4v) is 1.73. The van der Waals surface area contributed by atoms with E-state index in [-0.39, 0.29) is 12.1 Å². The van der Waals surface area contributed by atoms with Crippen LogP contribution in [0.2, 0.25) is 0 Å². The molecule has 1 atom stereocenters. The molecule has 1 amide bonds. The van der Waals surface area contributed by atoms with Crippen molar-refractivity contribution in [2.45, 2.75) is 6.04 Å². The van der Waals surface area contributed by atoms with Crippen molar-refractivity contribution in [2.75, 3.05) is 19.7 Å². The standard InChI is InChI=1S/C11H12F2N2O2/c12-7-1-2-8(9(13)5-7)10(14)6-15-3-4-17-11(15)16/h1-2,5,10H,3-4,6,14H2. The van der Waals surface area contributed by atoms with Crippen LogP contribution in [-0.2, 0) is 4.74 Å². The van der Waals surface area contributed by atoms with Crippen LogP contribution in [-0.4, -0.2) is 30.7 Å². The van der Waals surface area contributed by atoms with Gasteiger partial charge < -0.3 is 15.4 Å². The van der Waals surface area contributed by atoms with Crippen LogP contribution in [0, 0.1) is 11.6 Å². The molecule has 0 spiro atoms. The van der Waals surface area contributed by atoms with Gasteiger partial charge in [0.05, 0.1) is 12.6 Å². The number of nitrogens with zero attached hydrogens (tertiary/aromatic N) is 1. The minimum atomic E-state index is -0.704. The number of benzene rings is 1. The maximum atomic E-state index is 13.4. The van der Waals surface area contributed by atoms with Crippen molar-refractivity contribution < 1.29 is 18.3 Å². The number of carbonyl (C=O) groups is 1. The zero-order valence-electron chi connectivity index (χ0n) is 9.03. The highest BCUT2D eigenvalue weighted by atomic mass is 19.1. The van der Waals surface area contributed by atoms with Crippen molar-refractivity contribution in [3.05, 3.63) is 35.4 Å². The summed E-state index contributed by atoms with van der Waals surface area (Å²) in [6.45, 7) is 0.911. The maximum Gasteiger partial charge on any atom is 0.410 e. The Balaban J connectivity index is 2.08. The summed E-state index contributed by atoms with van der Waals surface area (Å²) in [7, 11) is 0. The third kappa shape index (κ3) is 2.52. The third-order valence-electron chi connectivity index (χ3n) is 2.62. The highest BCUT2D eigenvalue weighted by Gasteiger charge is 2.25. The van der Waals surface area contributed by atoms with E-state index in [4.69, 9.17) is 10.5 Å². The average Bonchev–Trinajstić information content (AvgIpc) is 2.64. The van der Waals surface area contributed by atoms with E-state index in [2.05, 4.69) is 0 Å². The van der Waals surface area contributed by atoms with Gasteiger partial charge in [-0.1, -0.05) is 6.07 Å². The number of halogens is 2. The monoisotopic (exact) mass is 242 g/mol. The Bertz CT molecular complexity index is 439. The van der Waals surface area contributed by atoms with Crippen molar-refractivity contribution >= 4 is 6.09 Å². The van der Waals surface area contributed by atoms with E-state index in [9.17, 15) is 13.6 Å². The fourth-order valence-electron chi connectivity index (χ4n) is 1.73. The first-order chi connectivity index (χ1) is 8.08. The lowest BCUT2D eigenvalue weighted by atomic mass is 10.1. The Morgan fingerprint density at radius 1 is 1.47 bits per heavy atom. The molecule has 1 aromatic carbocycles. The summed E-state index contributed by atoms with van der Waals surface area (Å²) in [6, 6.07) is 2.51. The smallest absolute Gasteiger partial charge is 0.410 e. The summed E-state index contributed by atoms with van der Waals surface area (Å²) in [5, 5.41) is 0. The van der Waals surface area contributed by atoms with Gasteiger partial charge in [0, 0.05) is 18.2 Å². The number of ether oxygens (including phenoxy) is 1. The van der Waals surface area contributed by atoms with Crippen molar-refractivity contribution in [1.29, 1.82) is 0 Å². The molecule has 0 radical (unpaired) electrons.